The molecule has 0 unspecified atom stereocenters. The second kappa shape index (κ2) is 14.2. The zero-order valence-electron chi connectivity index (χ0n) is 27.3. The summed E-state index contributed by atoms with van der Waals surface area (Å²) in [6.45, 7) is 1.84. The van der Waals surface area contributed by atoms with E-state index in [1.165, 1.54) is 32.7 Å². The van der Waals surface area contributed by atoms with E-state index >= 15 is 0 Å². The van der Waals surface area contributed by atoms with Gasteiger partial charge < -0.3 is 20.0 Å². The zero-order valence-corrected chi connectivity index (χ0v) is 27.3. The number of non-ortho nitro benzene ring substituents is 1. The van der Waals surface area contributed by atoms with E-state index in [1.54, 1.807) is 67.7 Å². The molecule has 254 valence electrons. The minimum atomic E-state index is -2.18. The Kier molecular flexibility index (Phi) is 9.66. The van der Waals surface area contributed by atoms with Crippen LogP contribution in [0.2, 0.25) is 0 Å². The molecule has 0 bridgehead atoms. The van der Waals surface area contributed by atoms with E-state index in [9.17, 15) is 34.7 Å². The first-order chi connectivity index (χ1) is 24.1. The predicted octanol–water partition coefficient (Wildman–Crippen LogP) is 4.63. The van der Waals surface area contributed by atoms with Gasteiger partial charge in [-0.2, -0.15) is 9.78 Å². The number of anilines is 1. The molecule has 0 saturated heterocycles. The number of amides is 2. The Morgan fingerprint density at radius 1 is 1.00 bits per heavy atom. The summed E-state index contributed by atoms with van der Waals surface area (Å²) in [5.41, 5.74) is -0.366. The smallest absolute Gasteiger partial charge is 0.279 e. The molecular weight excluding hydrogens is 638 g/mol. The Morgan fingerprint density at radius 3 is 2.50 bits per heavy atom. The van der Waals surface area contributed by atoms with Crippen LogP contribution in [0.25, 0.3) is 16.5 Å². The molecule has 0 radical (unpaired) electrons. The first-order valence-corrected chi connectivity index (χ1v) is 16.1. The molecule has 1 aliphatic rings. The van der Waals surface area contributed by atoms with Crippen molar-refractivity contribution in [1.29, 1.82) is 0 Å². The lowest BCUT2D eigenvalue weighted by Gasteiger charge is -2.28. The minimum Gasteiger partial charge on any atom is -0.395 e. The summed E-state index contributed by atoms with van der Waals surface area (Å²) in [6.07, 6.45) is 4.67. The van der Waals surface area contributed by atoms with Gasteiger partial charge in [0.1, 0.15) is 0 Å². The second-order valence-electron chi connectivity index (χ2n) is 12.2. The third-order valence-electron chi connectivity index (χ3n) is 8.97. The molecule has 50 heavy (non-hydrogen) atoms. The van der Waals surface area contributed by atoms with Gasteiger partial charge in [-0.1, -0.05) is 79.7 Å². The van der Waals surface area contributed by atoms with Crippen molar-refractivity contribution < 1.29 is 24.7 Å². The maximum Gasteiger partial charge on any atom is 0.279 e. The fourth-order valence-corrected chi connectivity index (χ4v) is 6.31. The van der Waals surface area contributed by atoms with Gasteiger partial charge >= 0.3 is 0 Å². The van der Waals surface area contributed by atoms with Crippen molar-refractivity contribution >= 4 is 34.0 Å². The summed E-state index contributed by atoms with van der Waals surface area (Å²) < 4.78 is 1.28. The number of aliphatic hydroxyl groups excluding tert-OH is 1. The van der Waals surface area contributed by atoms with E-state index < -0.39 is 22.3 Å². The first kappa shape index (κ1) is 33.9. The van der Waals surface area contributed by atoms with E-state index in [0.717, 1.165) is 5.56 Å². The lowest BCUT2D eigenvalue weighted by atomic mass is 9.82. The highest BCUT2D eigenvalue weighted by molar-refractivity contribution is 6.07. The number of carbonyl (C=O) groups is 2. The van der Waals surface area contributed by atoms with Crippen LogP contribution in [0, 0.1) is 16.0 Å². The van der Waals surface area contributed by atoms with E-state index in [4.69, 9.17) is 0 Å². The number of nitro groups is 1. The van der Waals surface area contributed by atoms with Crippen LogP contribution in [0.5, 0.6) is 0 Å². The van der Waals surface area contributed by atoms with E-state index in [0.29, 0.717) is 34.3 Å². The molecule has 2 amide bonds. The molecule has 0 saturated carbocycles. The average Bonchev–Trinajstić information content (AvgIpc) is 3.34. The van der Waals surface area contributed by atoms with Crippen LogP contribution in [0.15, 0.2) is 120 Å². The Bertz CT molecular complexity index is 2170. The van der Waals surface area contributed by atoms with Gasteiger partial charge in [0.25, 0.3) is 17.2 Å². The summed E-state index contributed by atoms with van der Waals surface area (Å²) >= 11 is 0. The van der Waals surface area contributed by atoms with Gasteiger partial charge in [0, 0.05) is 48.5 Å². The maximum atomic E-state index is 14.2. The summed E-state index contributed by atoms with van der Waals surface area (Å²) in [6, 6.07) is 27.4. The Hall–Kier alpha value is -5.98. The van der Waals surface area contributed by atoms with Gasteiger partial charge in [0.2, 0.25) is 5.91 Å². The molecule has 12 heteroatoms. The van der Waals surface area contributed by atoms with Crippen LogP contribution in [0.3, 0.4) is 0 Å². The summed E-state index contributed by atoms with van der Waals surface area (Å²) in [7, 11) is 0. The highest BCUT2D eigenvalue weighted by atomic mass is 16.6. The lowest BCUT2D eigenvalue weighted by molar-refractivity contribution is -0.385. The molecule has 4 aromatic carbocycles. The normalized spacial score (nSPS) is 16.1. The fraction of sp³-hybridized carbons (Fsp3) is 0.211. The number of rotatable bonds is 12. The van der Waals surface area contributed by atoms with Crippen LogP contribution in [-0.2, 0) is 28.3 Å². The van der Waals surface area contributed by atoms with E-state index in [1.807, 2.05) is 36.4 Å². The predicted molar refractivity (Wildman–Crippen MR) is 187 cm³/mol. The molecule has 1 aliphatic heterocycles. The van der Waals surface area contributed by atoms with Crippen LogP contribution in [-0.4, -0.2) is 54.8 Å². The van der Waals surface area contributed by atoms with Crippen molar-refractivity contribution in [1.82, 2.24) is 14.7 Å². The number of aliphatic hydroxyl groups is 2. The minimum absolute atomic E-state index is 0.00729. The number of carbonyl (C=O) groups excluding carboxylic acids is 2. The molecule has 5 aromatic rings. The van der Waals surface area contributed by atoms with E-state index in [-0.39, 0.29) is 48.8 Å². The van der Waals surface area contributed by atoms with Gasteiger partial charge in [-0.15, -0.1) is 0 Å². The molecule has 6 rings (SSSR count). The number of benzene rings is 4. The van der Waals surface area contributed by atoms with Crippen molar-refractivity contribution in [2.24, 2.45) is 5.92 Å². The first-order valence-electron chi connectivity index (χ1n) is 16.1. The molecule has 2 atom stereocenters. The van der Waals surface area contributed by atoms with Gasteiger partial charge in [0.05, 0.1) is 41.0 Å². The highest BCUT2D eigenvalue weighted by Crippen LogP contribution is 2.47. The largest absolute Gasteiger partial charge is 0.395 e. The number of nitro benzene ring substituents is 1. The summed E-state index contributed by atoms with van der Waals surface area (Å²) in [5, 5.41) is 38.9. The molecule has 0 fully saturated rings. The Morgan fingerprint density at radius 2 is 1.74 bits per heavy atom. The SMILES string of the molecule is C[C@H](/C=C/CC(=O)N(CCO)Cc1ccccc1)[C@@]1(O)C(=O)N(Cc2cccc(-n3ncc4ccccc4c3=O)c2)c2ccc([N+](=O)[O-])cc21. The van der Waals surface area contributed by atoms with Gasteiger partial charge in [-0.05, 0) is 35.4 Å². The standard InChI is InChI=1S/C38H35N5O7/c1-26(9-7-16-35(45)40(19-20-44)24-27-10-3-2-4-11-27)38(48)33-22-31(43(49)50)17-18-34(33)41(37(38)47)25-28-12-8-14-30(21-28)42-36(46)32-15-6-5-13-29(32)23-39-42/h2-15,17-18,21-23,26,44,48H,16,19-20,24-25H2,1H3/b9-7+/t26-,38+/m1/s1. The third-order valence-corrected chi connectivity index (χ3v) is 8.97. The molecular formula is C38H35N5O7. The van der Waals surface area contributed by atoms with Crippen LogP contribution in [0.4, 0.5) is 11.4 Å². The lowest BCUT2D eigenvalue weighted by Crippen LogP contribution is -2.44. The van der Waals surface area contributed by atoms with Crippen LogP contribution in [0.1, 0.15) is 30.0 Å². The highest BCUT2D eigenvalue weighted by Gasteiger charge is 2.53. The van der Waals surface area contributed by atoms with Crippen LogP contribution >= 0.6 is 0 Å². The van der Waals surface area contributed by atoms with Crippen molar-refractivity contribution in [3.8, 4) is 5.69 Å². The molecule has 2 N–H and O–H groups in total. The van der Waals surface area contributed by atoms with Crippen molar-refractivity contribution in [3.63, 3.8) is 0 Å². The third kappa shape index (κ3) is 6.53. The van der Waals surface area contributed by atoms with E-state index in [2.05, 4.69) is 5.10 Å². The molecule has 1 aromatic heterocycles. The van der Waals surface area contributed by atoms with Crippen molar-refractivity contribution in [2.45, 2.75) is 32.0 Å². The second-order valence-corrected chi connectivity index (χ2v) is 12.2. The van der Waals surface area contributed by atoms with Crippen molar-refractivity contribution in [2.75, 3.05) is 18.1 Å². The van der Waals surface area contributed by atoms with Crippen molar-refractivity contribution in [3.05, 3.63) is 153 Å². The number of aromatic nitrogens is 2. The molecule has 0 aliphatic carbocycles. The molecule has 12 nitrogen and oxygen atoms in total. The van der Waals surface area contributed by atoms with Crippen LogP contribution < -0.4 is 10.5 Å². The monoisotopic (exact) mass is 673 g/mol. The average molecular weight is 674 g/mol. The molecule has 2 heterocycles. The maximum absolute atomic E-state index is 14.2. The summed E-state index contributed by atoms with van der Waals surface area (Å²) in [5.74, 6) is -1.83. The number of hydrogen-bond donors (Lipinski definition) is 2. The van der Waals surface area contributed by atoms with Gasteiger partial charge in [0.15, 0.2) is 5.60 Å². The quantitative estimate of drug-likeness (QED) is 0.110. The zero-order chi connectivity index (χ0) is 35.4. The number of hydrogen-bond acceptors (Lipinski definition) is 8. The number of nitrogens with zero attached hydrogens (tertiary/aromatic N) is 5. The van der Waals surface area contributed by atoms with Gasteiger partial charge in [-0.3, -0.25) is 24.5 Å². The Balaban J connectivity index is 1.26. The fourth-order valence-electron chi connectivity index (χ4n) is 6.31. The topological polar surface area (TPSA) is 159 Å². The van der Waals surface area contributed by atoms with Gasteiger partial charge in [-0.25, -0.2) is 0 Å². The molecule has 0 spiro atoms. The Labute approximate surface area is 287 Å². The summed E-state index contributed by atoms with van der Waals surface area (Å²) in [4.78, 5) is 54.5. The number of fused-ring (bicyclic) bond motifs is 2.